The Bertz CT molecular complexity index is 1700. The molecular weight excluding hydrogens is 952 g/mol. The van der Waals surface area contributed by atoms with Crippen LogP contribution in [0.3, 0.4) is 0 Å². The fraction of sp³-hybridized carbons (Fsp3) is 0.629. The van der Waals surface area contributed by atoms with Gasteiger partial charge in [0.1, 0.15) is 12.7 Å². The number of phosphoric ester groups is 1. The molecule has 0 fully saturated rings. The van der Waals surface area contributed by atoms with Crippen LogP contribution in [-0.4, -0.2) is 66.5 Å². The summed E-state index contributed by atoms with van der Waals surface area (Å²) in [5.74, 6) is -1.56. The SMILES string of the molecule is CC/C=C\C/C=C\C/C=C\C/C=C\C/C=C\CCCCCC(=O)OCC(COP(=O)(O)OCC(CO)OC(=O)CCCCCCCCCCC)OC(=O)CCCCC/C=C\C/C=C\C/C=C\C/C=C\C/C=C\CC. The van der Waals surface area contributed by atoms with Crippen molar-refractivity contribution in [2.24, 2.45) is 0 Å². The van der Waals surface area contributed by atoms with E-state index < -0.39 is 57.8 Å². The summed E-state index contributed by atoms with van der Waals surface area (Å²) in [4.78, 5) is 48.4. The highest BCUT2D eigenvalue weighted by atomic mass is 31.2. The van der Waals surface area contributed by atoms with Crippen molar-refractivity contribution in [2.75, 3.05) is 26.4 Å². The molecule has 0 radical (unpaired) electrons. The Morgan fingerprint density at radius 1 is 0.392 bits per heavy atom. The standard InChI is InChI=1S/C62H101O11P/c1-4-7-10-13-16-19-21-23-25-27-29-31-33-35-37-40-42-45-48-51-60(64)69-55-59(57-71-74(67,68)70-56-58(54-63)72-61(65)52-49-46-43-39-18-15-12-9-6-3)73-62(66)53-50-47-44-41-38-36-34-32-30-28-26-24-22-20-17-14-11-8-5-2/h7-8,10-11,16-17,19-20,23-26,29-32,35-38,58-59,63H,4-6,9,12-15,18,21-22,27-28,33-34,39-57H2,1-3H3,(H,67,68)/b10-7-,11-8-,19-16-,20-17-,25-23-,26-24-,31-29-,32-30-,37-35-,38-36-. The molecule has 0 saturated carbocycles. The molecule has 0 aliphatic heterocycles. The van der Waals surface area contributed by atoms with E-state index in [-0.39, 0.29) is 25.9 Å². The largest absolute Gasteiger partial charge is 0.472 e. The number of carbonyl (C=O) groups excluding carboxylic acids is 3. The van der Waals surface area contributed by atoms with Crippen molar-refractivity contribution in [3.05, 3.63) is 122 Å². The van der Waals surface area contributed by atoms with Crippen molar-refractivity contribution in [1.29, 1.82) is 0 Å². The van der Waals surface area contributed by atoms with E-state index in [2.05, 4.69) is 142 Å². The molecule has 0 aromatic carbocycles. The van der Waals surface area contributed by atoms with Crippen molar-refractivity contribution >= 4 is 25.7 Å². The molecule has 74 heavy (non-hydrogen) atoms. The minimum Gasteiger partial charge on any atom is -0.462 e. The molecule has 3 atom stereocenters. The van der Waals surface area contributed by atoms with E-state index >= 15 is 0 Å². The topological polar surface area (TPSA) is 155 Å². The van der Waals surface area contributed by atoms with Crippen molar-refractivity contribution in [2.45, 2.75) is 226 Å². The normalized spacial score (nSPS) is 14.3. The molecule has 0 heterocycles. The van der Waals surface area contributed by atoms with E-state index in [1.165, 1.54) is 32.1 Å². The van der Waals surface area contributed by atoms with Crippen LogP contribution in [0.25, 0.3) is 0 Å². The van der Waals surface area contributed by atoms with Gasteiger partial charge in [-0.25, -0.2) is 4.57 Å². The highest BCUT2D eigenvalue weighted by Crippen LogP contribution is 2.43. The first-order valence-corrected chi connectivity index (χ1v) is 29.9. The molecule has 0 rings (SSSR count). The maximum Gasteiger partial charge on any atom is 0.472 e. The number of esters is 3. The Morgan fingerprint density at radius 2 is 0.703 bits per heavy atom. The van der Waals surface area contributed by atoms with Crippen LogP contribution < -0.4 is 0 Å². The van der Waals surface area contributed by atoms with Crippen LogP contribution in [-0.2, 0) is 42.2 Å². The Balaban J connectivity index is 4.86. The van der Waals surface area contributed by atoms with Gasteiger partial charge in [0.25, 0.3) is 0 Å². The Kier molecular flexibility index (Phi) is 52.1. The predicted molar refractivity (Wildman–Crippen MR) is 306 cm³/mol. The van der Waals surface area contributed by atoms with Crippen LogP contribution in [0.4, 0.5) is 0 Å². The quantitative estimate of drug-likeness (QED) is 0.0197. The molecule has 0 amide bonds. The van der Waals surface area contributed by atoms with Crippen molar-refractivity contribution in [3.63, 3.8) is 0 Å². The van der Waals surface area contributed by atoms with Gasteiger partial charge in [-0.15, -0.1) is 0 Å². The van der Waals surface area contributed by atoms with Gasteiger partial charge in [-0.3, -0.25) is 23.4 Å². The average molecular weight is 1050 g/mol. The van der Waals surface area contributed by atoms with Gasteiger partial charge in [0.05, 0.1) is 19.8 Å². The molecule has 0 spiro atoms. The molecule has 0 saturated heterocycles. The predicted octanol–water partition coefficient (Wildman–Crippen LogP) is 16.8. The Morgan fingerprint density at radius 3 is 1.08 bits per heavy atom. The summed E-state index contributed by atoms with van der Waals surface area (Å²) in [5.41, 5.74) is 0. The van der Waals surface area contributed by atoms with Crippen molar-refractivity contribution < 1.29 is 52.2 Å². The van der Waals surface area contributed by atoms with E-state index in [1.54, 1.807) is 0 Å². The third kappa shape index (κ3) is 52.7. The van der Waals surface area contributed by atoms with Gasteiger partial charge >= 0.3 is 25.7 Å². The molecule has 0 bridgehead atoms. The fourth-order valence-corrected chi connectivity index (χ4v) is 7.90. The summed E-state index contributed by atoms with van der Waals surface area (Å²) < 4.78 is 39.4. The van der Waals surface area contributed by atoms with E-state index in [9.17, 15) is 28.9 Å². The number of hydrogen-bond acceptors (Lipinski definition) is 10. The monoisotopic (exact) mass is 1050 g/mol. The minimum absolute atomic E-state index is 0.115. The van der Waals surface area contributed by atoms with Crippen LogP contribution in [0.1, 0.15) is 213 Å². The minimum atomic E-state index is -4.77. The van der Waals surface area contributed by atoms with Crippen molar-refractivity contribution in [3.8, 4) is 0 Å². The van der Waals surface area contributed by atoms with Crippen LogP contribution in [0, 0.1) is 0 Å². The first-order chi connectivity index (χ1) is 36.2. The lowest BCUT2D eigenvalue weighted by molar-refractivity contribution is -0.161. The van der Waals surface area contributed by atoms with Gasteiger partial charge in [-0.05, 0) is 109 Å². The van der Waals surface area contributed by atoms with Crippen molar-refractivity contribution in [1.82, 2.24) is 0 Å². The lowest BCUT2D eigenvalue weighted by Gasteiger charge is -2.21. The molecular formula is C62H101O11P. The van der Waals surface area contributed by atoms with E-state index in [0.29, 0.717) is 19.3 Å². The summed E-state index contributed by atoms with van der Waals surface area (Å²) in [5, 5.41) is 9.77. The zero-order chi connectivity index (χ0) is 54.1. The summed E-state index contributed by atoms with van der Waals surface area (Å²) in [6.07, 6.45) is 67.4. The van der Waals surface area contributed by atoms with Gasteiger partial charge in [0, 0.05) is 19.3 Å². The lowest BCUT2D eigenvalue weighted by Crippen LogP contribution is -2.30. The maximum absolute atomic E-state index is 12.9. The second kappa shape index (κ2) is 55.1. The lowest BCUT2D eigenvalue weighted by atomic mass is 10.1. The third-order valence-electron chi connectivity index (χ3n) is 11.4. The molecule has 0 aromatic heterocycles. The molecule has 11 nitrogen and oxygen atoms in total. The number of aliphatic hydroxyl groups excluding tert-OH is 1. The second-order valence-corrected chi connectivity index (χ2v) is 19.8. The average Bonchev–Trinajstić information content (AvgIpc) is 3.39. The second-order valence-electron chi connectivity index (χ2n) is 18.3. The van der Waals surface area contributed by atoms with E-state index in [4.69, 9.17) is 23.3 Å². The third-order valence-corrected chi connectivity index (χ3v) is 12.3. The van der Waals surface area contributed by atoms with E-state index in [0.717, 1.165) is 122 Å². The number of aliphatic hydroxyl groups is 1. The van der Waals surface area contributed by atoms with Gasteiger partial charge in [-0.1, -0.05) is 206 Å². The van der Waals surface area contributed by atoms with Crippen LogP contribution >= 0.6 is 7.82 Å². The molecule has 2 N–H and O–H groups in total. The van der Waals surface area contributed by atoms with Crippen LogP contribution in [0.15, 0.2) is 122 Å². The van der Waals surface area contributed by atoms with Gasteiger partial charge in [0.2, 0.25) is 0 Å². The molecule has 3 unspecified atom stereocenters. The Labute approximate surface area is 449 Å². The highest BCUT2D eigenvalue weighted by molar-refractivity contribution is 7.47. The fourth-order valence-electron chi connectivity index (χ4n) is 7.11. The first-order valence-electron chi connectivity index (χ1n) is 28.4. The molecule has 0 aliphatic rings. The number of phosphoric acid groups is 1. The summed E-state index contributed by atoms with van der Waals surface area (Å²) in [6, 6.07) is 0. The van der Waals surface area contributed by atoms with Gasteiger partial charge in [0.15, 0.2) is 6.10 Å². The number of ether oxygens (including phenoxy) is 3. The summed E-state index contributed by atoms with van der Waals surface area (Å²) in [6.45, 7) is 4.30. The summed E-state index contributed by atoms with van der Waals surface area (Å²) in [7, 11) is -4.77. The number of allylic oxidation sites excluding steroid dienone is 20. The molecule has 420 valence electrons. The van der Waals surface area contributed by atoms with Gasteiger partial charge in [-0.2, -0.15) is 0 Å². The first kappa shape index (κ1) is 69.9. The maximum atomic E-state index is 12.9. The molecule has 0 aromatic rings. The van der Waals surface area contributed by atoms with Gasteiger partial charge < -0.3 is 24.2 Å². The van der Waals surface area contributed by atoms with Crippen LogP contribution in [0.5, 0.6) is 0 Å². The number of carbonyl (C=O) groups is 3. The number of rotatable bonds is 51. The highest BCUT2D eigenvalue weighted by Gasteiger charge is 2.28. The number of unbranched alkanes of at least 4 members (excludes halogenated alkanes) is 14. The number of hydrogen-bond donors (Lipinski definition) is 2. The smallest absolute Gasteiger partial charge is 0.462 e. The molecule has 12 heteroatoms. The summed E-state index contributed by atoms with van der Waals surface area (Å²) >= 11 is 0. The zero-order valence-corrected chi connectivity index (χ0v) is 47.2. The molecule has 0 aliphatic carbocycles. The zero-order valence-electron chi connectivity index (χ0n) is 46.3. The van der Waals surface area contributed by atoms with Crippen LogP contribution in [0.2, 0.25) is 0 Å². The Hall–Kier alpha value is -4.12. The van der Waals surface area contributed by atoms with E-state index in [1.807, 2.05) is 0 Å².